The van der Waals surface area contributed by atoms with E-state index in [1.807, 2.05) is 39.8 Å². The number of halogens is 1. The average molecular weight is 308 g/mol. The number of piperidine rings is 1. The highest BCUT2D eigenvalue weighted by Crippen LogP contribution is 2.27. The van der Waals surface area contributed by atoms with Crippen molar-refractivity contribution in [2.24, 2.45) is 5.92 Å². The number of fused-ring (bicyclic) bond motifs is 1. The Bertz CT molecular complexity index is 404. The molecule has 2 fully saturated rings. The Kier molecular flexibility index (Phi) is 8.47. The van der Waals surface area contributed by atoms with E-state index in [9.17, 15) is 4.39 Å². The molecule has 22 heavy (non-hydrogen) atoms. The molecule has 0 bridgehead atoms. The first kappa shape index (κ1) is 19.0. The van der Waals surface area contributed by atoms with Crippen molar-refractivity contribution in [2.45, 2.75) is 53.5 Å². The molecule has 0 amide bonds. The van der Waals surface area contributed by atoms with Crippen LogP contribution in [0.25, 0.3) is 0 Å². The summed E-state index contributed by atoms with van der Waals surface area (Å²) in [6.07, 6.45) is 2.65. The van der Waals surface area contributed by atoms with Gasteiger partial charge in [-0.15, -0.1) is 0 Å². The van der Waals surface area contributed by atoms with Crippen LogP contribution < -0.4 is 4.90 Å². The van der Waals surface area contributed by atoms with Gasteiger partial charge in [0.25, 0.3) is 0 Å². The lowest BCUT2D eigenvalue weighted by molar-refractivity contribution is 0.102. The summed E-state index contributed by atoms with van der Waals surface area (Å²) in [7, 11) is 0. The monoisotopic (exact) mass is 308 g/mol. The molecule has 3 heteroatoms. The second kappa shape index (κ2) is 9.83. The predicted octanol–water partition coefficient (Wildman–Crippen LogP) is 4.80. The van der Waals surface area contributed by atoms with Gasteiger partial charge in [0.05, 0.1) is 0 Å². The van der Waals surface area contributed by atoms with Crippen LogP contribution in [0.3, 0.4) is 0 Å². The maximum absolute atomic E-state index is 12.9. The SMILES string of the molecule is CC.CC.CC1CCC2CN(c3ccc(F)cc3)CCN2C1. The van der Waals surface area contributed by atoms with Crippen LogP contribution in [0.15, 0.2) is 24.3 Å². The molecule has 2 aliphatic rings. The Morgan fingerprint density at radius 3 is 2.18 bits per heavy atom. The first-order valence-corrected chi connectivity index (χ1v) is 8.97. The molecule has 0 aliphatic carbocycles. The minimum absolute atomic E-state index is 0.149. The zero-order valence-corrected chi connectivity index (χ0v) is 15.0. The summed E-state index contributed by atoms with van der Waals surface area (Å²) in [4.78, 5) is 5.03. The maximum Gasteiger partial charge on any atom is 0.123 e. The van der Waals surface area contributed by atoms with E-state index in [-0.39, 0.29) is 5.82 Å². The molecule has 2 nitrogen and oxygen atoms in total. The van der Waals surface area contributed by atoms with E-state index in [0.29, 0.717) is 6.04 Å². The number of piperazine rings is 1. The first-order chi connectivity index (χ1) is 10.7. The van der Waals surface area contributed by atoms with E-state index in [4.69, 9.17) is 0 Å². The molecule has 2 unspecified atom stereocenters. The fourth-order valence-electron chi connectivity index (χ4n) is 3.26. The number of rotatable bonds is 1. The Morgan fingerprint density at radius 2 is 1.55 bits per heavy atom. The maximum atomic E-state index is 12.9. The van der Waals surface area contributed by atoms with E-state index in [1.54, 1.807) is 12.1 Å². The van der Waals surface area contributed by atoms with Crippen LogP contribution in [0.4, 0.5) is 10.1 Å². The fourth-order valence-corrected chi connectivity index (χ4v) is 3.26. The van der Waals surface area contributed by atoms with Crippen LogP contribution in [-0.2, 0) is 0 Å². The van der Waals surface area contributed by atoms with Gasteiger partial charge in [0.2, 0.25) is 0 Å². The second-order valence-corrected chi connectivity index (χ2v) is 5.75. The normalized spacial score (nSPS) is 24.4. The third-order valence-corrected chi connectivity index (χ3v) is 4.34. The lowest BCUT2D eigenvalue weighted by Gasteiger charge is -2.46. The molecule has 3 rings (SSSR count). The van der Waals surface area contributed by atoms with Gasteiger partial charge in [-0.1, -0.05) is 34.6 Å². The Labute approximate surface area is 136 Å². The molecule has 0 radical (unpaired) electrons. The molecule has 0 saturated carbocycles. The van der Waals surface area contributed by atoms with Crippen molar-refractivity contribution in [3.05, 3.63) is 30.1 Å². The third kappa shape index (κ3) is 4.98. The zero-order chi connectivity index (χ0) is 16.5. The number of hydrogen-bond acceptors (Lipinski definition) is 2. The highest BCUT2D eigenvalue weighted by atomic mass is 19.1. The minimum Gasteiger partial charge on any atom is -0.369 e. The van der Waals surface area contributed by atoms with Gasteiger partial charge in [0, 0.05) is 37.9 Å². The zero-order valence-electron chi connectivity index (χ0n) is 15.0. The topological polar surface area (TPSA) is 6.48 Å². The highest BCUT2D eigenvalue weighted by molar-refractivity contribution is 5.47. The minimum atomic E-state index is -0.149. The van der Waals surface area contributed by atoms with E-state index in [1.165, 1.54) is 19.4 Å². The Balaban J connectivity index is 0.000000561. The number of nitrogens with zero attached hydrogens (tertiary/aromatic N) is 2. The molecule has 2 heterocycles. The summed E-state index contributed by atoms with van der Waals surface area (Å²) in [6.45, 7) is 14.9. The second-order valence-electron chi connectivity index (χ2n) is 5.75. The van der Waals surface area contributed by atoms with Crippen molar-refractivity contribution < 1.29 is 4.39 Å². The van der Waals surface area contributed by atoms with Crippen LogP contribution in [0, 0.1) is 11.7 Å². The Morgan fingerprint density at radius 1 is 0.909 bits per heavy atom. The summed E-state index contributed by atoms with van der Waals surface area (Å²) in [5.41, 5.74) is 1.16. The van der Waals surface area contributed by atoms with Crippen LogP contribution in [0.2, 0.25) is 0 Å². The summed E-state index contributed by atoms with van der Waals surface area (Å²) in [6, 6.07) is 7.61. The quantitative estimate of drug-likeness (QED) is 0.735. The van der Waals surface area contributed by atoms with Crippen LogP contribution in [-0.4, -0.2) is 37.1 Å². The molecule has 1 aromatic rings. The van der Waals surface area contributed by atoms with Crippen molar-refractivity contribution >= 4 is 5.69 Å². The first-order valence-electron chi connectivity index (χ1n) is 8.97. The van der Waals surface area contributed by atoms with Crippen molar-refractivity contribution in [3.8, 4) is 0 Å². The summed E-state index contributed by atoms with van der Waals surface area (Å²) < 4.78 is 12.9. The van der Waals surface area contributed by atoms with E-state index >= 15 is 0 Å². The van der Waals surface area contributed by atoms with Gasteiger partial charge in [-0.25, -0.2) is 4.39 Å². The third-order valence-electron chi connectivity index (χ3n) is 4.34. The van der Waals surface area contributed by atoms with Gasteiger partial charge in [0.15, 0.2) is 0 Å². The van der Waals surface area contributed by atoms with E-state index in [2.05, 4.69) is 16.7 Å². The molecule has 0 N–H and O–H groups in total. The number of anilines is 1. The smallest absolute Gasteiger partial charge is 0.123 e. The number of benzene rings is 1. The molecule has 2 atom stereocenters. The molecule has 2 aliphatic heterocycles. The molecule has 0 spiro atoms. The van der Waals surface area contributed by atoms with Gasteiger partial charge in [-0.05, 0) is 43.0 Å². The van der Waals surface area contributed by atoms with E-state index < -0.39 is 0 Å². The van der Waals surface area contributed by atoms with Crippen LogP contribution >= 0.6 is 0 Å². The predicted molar refractivity (Wildman–Crippen MR) is 95.1 cm³/mol. The molecular weight excluding hydrogens is 275 g/mol. The summed E-state index contributed by atoms with van der Waals surface area (Å²) >= 11 is 0. The molecular formula is C19H33FN2. The average Bonchev–Trinajstić information content (AvgIpc) is 2.59. The number of hydrogen-bond donors (Lipinski definition) is 0. The van der Waals surface area contributed by atoms with Crippen LogP contribution in [0.5, 0.6) is 0 Å². The molecule has 2 saturated heterocycles. The lowest BCUT2D eigenvalue weighted by atomic mass is 9.92. The van der Waals surface area contributed by atoms with Gasteiger partial charge in [-0.2, -0.15) is 0 Å². The van der Waals surface area contributed by atoms with Gasteiger partial charge in [0.1, 0.15) is 5.82 Å². The lowest BCUT2D eigenvalue weighted by Crippen LogP contribution is -2.56. The largest absolute Gasteiger partial charge is 0.369 e. The van der Waals surface area contributed by atoms with Crippen molar-refractivity contribution in [2.75, 3.05) is 31.1 Å². The standard InChI is InChI=1S/C15H21FN2.2C2H6/c1-12-2-5-15-11-18(9-8-17(15)10-12)14-6-3-13(16)4-7-14;2*1-2/h3-4,6-7,12,15H,2,5,8-11H2,1H3;2*1-2H3. The van der Waals surface area contributed by atoms with Crippen molar-refractivity contribution in [1.29, 1.82) is 0 Å². The molecule has 1 aromatic carbocycles. The van der Waals surface area contributed by atoms with Crippen molar-refractivity contribution in [3.63, 3.8) is 0 Å². The van der Waals surface area contributed by atoms with Gasteiger partial charge < -0.3 is 4.90 Å². The van der Waals surface area contributed by atoms with E-state index in [0.717, 1.165) is 31.2 Å². The summed E-state index contributed by atoms with van der Waals surface area (Å²) in [5, 5.41) is 0. The highest BCUT2D eigenvalue weighted by Gasteiger charge is 2.31. The van der Waals surface area contributed by atoms with Gasteiger partial charge >= 0.3 is 0 Å². The molecule has 126 valence electrons. The fraction of sp³-hybridized carbons (Fsp3) is 0.684. The van der Waals surface area contributed by atoms with Crippen LogP contribution in [0.1, 0.15) is 47.5 Å². The Hall–Kier alpha value is -1.09. The molecule has 0 aromatic heterocycles. The van der Waals surface area contributed by atoms with Crippen molar-refractivity contribution in [1.82, 2.24) is 4.90 Å². The summed E-state index contributed by atoms with van der Waals surface area (Å²) in [5.74, 6) is 0.697. The van der Waals surface area contributed by atoms with Gasteiger partial charge in [-0.3, -0.25) is 4.90 Å².